The third kappa shape index (κ3) is 3.04. The van der Waals surface area contributed by atoms with Gasteiger partial charge in [0.1, 0.15) is 12.2 Å². The Kier molecular flexibility index (Phi) is 3.89. The molecule has 0 aromatic carbocycles. The first-order valence-electron chi connectivity index (χ1n) is 4.43. The molecule has 4 heteroatoms. The number of hydrogen-bond donors (Lipinski definition) is 1. The van der Waals surface area contributed by atoms with Crippen molar-refractivity contribution in [1.29, 1.82) is 5.26 Å². The summed E-state index contributed by atoms with van der Waals surface area (Å²) in [7, 11) is 1.87. The first kappa shape index (κ1) is 10.5. The van der Waals surface area contributed by atoms with E-state index >= 15 is 0 Å². The average molecular weight is 191 g/mol. The molecular weight excluding hydrogens is 178 g/mol. The highest BCUT2D eigenvalue weighted by Gasteiger charge is 2.02. The maximum absolute atomic E-state index is 8.55. The van der Waals surface area contributed by atoms with Crippen LogP contribution >= 0.6 is 0 Å². The van der Waals surface area contributed by atoms with Gasteiger partial charge in [0.15, 0.2) is 0 Å². The van der Waals surface area contributed by atoms with E-state index in [1.807, 2.05) is 20.0 Å². The fourth-order valence-corrected chi connectivity index (χ4v) is 1.05. The molecule has 1 aromatic rings. The van der Waals surface area contributed by atoms with Crippen LogP contribution in [0.4, 0.5) is 0 Å². The van der Waals surface area contributed by atoms with Crippen molar-refractivity contribution in [3.8, 4) is 11.9 Å². The zero-order valence-electron chi connectivity index (χ0n) is 8.32. The van der Waals surface area contributed by atoms with Crippen LogP contribution in [0.1, 0.15) is 12.5 Å². The summed E-state index contributed by atoms with van der Waals surface area (Å²) < 4.78 is 5.47. The summed E-state index contributed by atoms with van der Waals surface area (Å²) >= 11 is 0. The molecule has 0 aliphatic rings. The fourth-order valence-electron chi connectivity index (χ4n) is 1.05. The van der Waals surface area contributed by atoms with Crippen LogP contribution in [-0.2, 0) is 0 Å². The summed E-state index contributed by atoms with van der Waals surface area (Å²) in [6.07, 6.45) is 1.57. The van der Waals surface area contributed by atoms with Gasteiger partial charge in [-0.05, 0) is 20.0 Å². The van der Waals surface area contributed by atoms with Crippen LogP contribution in [0.3, 0.4) is 0 Å². The van der Waals surface area contributed by atoms with E-state index in [4.69, 9.17) is 10.00 Å². The maximum Gasteiger partial charge on any atom is 0.213 e. The average Bonchev–Trinajstić information content (AvgIpc) is 2.19. The van der Waals surface area contributed by atoms with E-state index in [1.165, 1.54) is 6.20 Å². The molecule has 74 valence electrons. The molecule has 0 bridgehead atoms. The molecule has 0 saturated carbocycles. The lowest BCUT2D eigenvalue weighted by Gasteiger charge is -2.12. The molecule has 4 nitrogen and oxygen atoms in total. The smallest absolute Gasteiger partial charge is 0.213 e. The SMILES string of the molecule is CNCC(C)Oc1ccc(C#N)cn1. The topological polar surface area (TPSA) is 57.9 Å². The molecule has 1 rings (SSSR count). The lowest BCUT2D eigenvalue weighted by molar-refractivity contribution is 0.212. The highest BCUT2D eigenvalue weighted by Crippen LogP contribution is 2.08. The zero-order valence-corrected chi connectivity index (χ0v) is 8.32. The van der Waals surface area contributed by atoms with E-state index < -0.39 is 0 Å². The Labute approximate surface area is 83.5 Å². The first-order chi connectivity index (χ1) is 6.76. The number of nitrogens with zero attached hydrogens (tertiary/aromatic N) is 2. The van der Waals surface area contributed by atoms with Crippen molar-refractivity contribution in [3.05, 3.63) is 23.9 Å². The number of nitrogens with one attached hydrogen (secondary N) is 1. The summed E-state index contributed by atoms with van der Waals surface area (Å²) in [4.78, 5) is 4.00. The highest BCUT2D eigenvalue weighted by atomic mass is 16.5. The third-order valence-electron chi connectivity index (χ3n) is 1.68. The van der Waals surface area contributed by atoms with Gasteiger partial charge in [-0.1, -0.05) is 0 Å². The van der Waals surface area contributed by atoms with E-state index in [0.29, 0.717) is 11.4 Å². The summed E-state index contributed by atoms with van der Waals surface area (Å²) in [5, 5.41) is 11.6. The number of pyridine rings is 1. The second-order valence-electron chi connectivity index (χ2n) is 2.98. The predicted octanol–water partition coefficient (Wildman–Crippen LogP) is 0.940. The van der Waals surface area contributed by atoms with Crippen LogP contribution in [0.15, 0.2) is 18.3 Å². The maximum atomic E-state index is 8.55. The van der Waals surface area contributed by atoms with E-state index in [0.717, 1.165) is 6.54 Å². The molecule has 0 saturated heterocycles. The van der Waals surface area contributed by atoms with E-state index in [1.54, 1.807) is 12.1 Å². The van der Waals surface area contributed by atoms with Crippen molar-refractivity contribution < 1.29 is 4.74 Å². The van der Waals surface area contributed by atoms with Crippen LogP contribution in [0.5, 0.6) is 5.88 Å². The number of rotatable bonds is 4. The van der Waals surface area contributed by atoms with E-state index in [2.05, 4.69) is 10.3 Å². The lowest BCUT2D eigenvalue weighted by Crippen LogP contribution is -2.26. The van der Waals surface area contributed by atoms with Crippen molar-refractivity contribution in [2.24, 2.45) is 0 Å². The Morgan fingerprint density at radius 3 is 2.93 bits per heavy atom. The minimum Gasteiger partial charge on any atom is -0.473 e. The Morgan fingerprint density at radius 2 is 2.43 bits per heavy atom. The van der Waals surface area contributed by atoms with Crippen molar-refractivity contribution in [1.82, 2.24) is 10.3 Å². The van der Waals surface area contributed by atoms with Crippen LogP contribution < -0.4 is 10.1 Å². The molecule has 0 fully saturated rings. The minimum absolute atomic E-state index is 0.0698. The zero-order chi connectivity index (χ0) is 10.4. The molecule has 1 N–H and O–H groups in total. The molecule has 0 aliphatic heterocycles. The number of nitriles is 1. The molecule has 0 radical (unpaired) electrons. The standard InChI is InChI=1S/C10H13N3O/c1-8(6-12-2)14-10-4-3-9(5-11)7-13-10/h3-4,7-8,12H,6H2,1-2H3. The molecule has 1 heterocycles. The first-order valence-corrected chi connectivity index (χ1v) is 4.43. The predicted molar refractivity (Wildman–Crippen MR) is 53.0 cm³/mol. The normalized spacial score (nSPS) is 11.8. The van der Waals surface area contributed by atoms with Gasteiger partial charge in [-0.15, -0.1) is 0 Å². The van der Waals surface area contributed by atoms with Gasteiger partial charge in [-0.25, -0.2) is 4.98 Å². The molecule has 0 amide bonds. The van der Waals surface area contributed by atoms with Crippen molar-refractivity contribution >= 4 is 0 Å². The van der Waals surface area contributed by atoms with Gasteiger partial charge >= 0.3 is 0 Å². The van der Waals surface area contributed by atoms with Crippen molar-refractivity contribution in [2.75, 3.05) is 13.6 Å². The number of ether oxygens (including phenoxy) is 1. The van der Waals surface area contributed by atoms with Crippen molar-refractivity contribution in [3.63, 3.8) is 0 Å². The van der Waals surface area contributed by atoms with Gasteiger partial charge in [0, 0.05) is 18.8 Å². The Bertz CT molecular complexity index is 315. The summed E-state index contributed by atoms with van der Waals surface area (Å²) in [5.41, 5.74) is 0.540. The van der Waals surface area contributed by atoms with E-state index in [9.17, 15) is 0 Å². The fraction of sp³-hybridized carbons (Fsp3) is 0.400. The van der Waals surface area contributed by atoms with Gasteiger partial charge < -0.3 is 10.1 Å². The summed E-state index contributed by atoms with van der Waals surface area (Å²) in [6.45, 7) is 2.72. The quantitative estimate of drug-likeness (QED) is 0.769. The summed E-state index contributed by atoms with van der Waals surface area (Å²) in [6, 6.07) is 5.39. The van der Waals surface area contributed by atoms with Crippen LogP contribution in [0.25, 0.3) is 0 Å². The largest absolute Gasteiger partial charge is 0.473 e. The number of aromatic nitrogens is 1. The lowest BCUT2D eigenvalue weighted by atomic mass is 10.3. The van der Waals surface area contributed by atoms with Crippen LogP contribution in [0.2, 0.25) is 0 Å². The molecule has 14 heavy (non-hydrogen) atoms. The monoisotopic (exact) mass is 191 g/mol. The second kappa shape index (κ2) is 5.20. The minimum atomic E-state index is 0.0698. The van der Waals surface area contributed by atoms with E-state index in [-0.39, 0.29) is 6.10 Å². The second-order valence-corrected chi connectivity index (χ2v) is 2.98. The van der Waals surface area contributed by atoms with Crippen molar-refractivity contribution in [2.45, 2.75) is 13.0 Å². The Balaban J connectivity index is 2.56. The molecular formula is C10H13N3O. The Morgan fingerprint density at radius 1 is 1.64 bits per heavy atom. The van der Waals surface area contributed by atoms with Gasteiger partial charge in [-0.3, -0.25) is 0 Å². The number of hydrogen-bond acceptors (Lipinski definition) is 4. The highest BCUT2D eigenvalue weighted by molar-refractivity contribution is 5.28. The van der Waals surface area contributed by atoms with Gasteiger partial charge in [0.05, 0.1) is 5.56 Å². The summed E-state index contributed by atoms with van der Waals surface area (Å²) in [5.74, 6) is 0.548. The van der Waals surface area contributed by atoms with Gasteiger partial charge in [-0.2, -0.15) is 5.26 Å². The van der Waals surface area contributed by atoms with Crippen LogP contribution in [-0.4, -0.2) is 24.7 Å². The van der Waals surface area contributed by atoms with Gasteiger partial charge in [0.2, 0.25) is 5.88 Å². The third-order valence-corrected chi connectivity index (χ3v) is 1.68. The number of likely N-dealkylation sites (N-methyl/N-ethyl adjacent to an activating group) is 1. The molecule has 0 aliphatic carbocycles. The molecule has 1 aromatic heterocycles. The molecule has 1 atom stereocenters. The Hall–Kier alpha value is -1.60. The molecule has 0 spiro atoms. The van der Waals surface area contributed by atoms with Crippen LogP contribution in [0, 0.1) is 11.3 Å². The molecule has 1 unspecified atom stereocenters. The van der Waals surface area contributed by atoms with Gasteiger partial charge in [0.25, 0.3) is 0 Å².